The van der Waals surface area contributed by atoms with Gasteiger partial charge in [0.25, 0.3) is 0 Å². The van der Waals surface area contributed by atoms with Crippen molar-refractivity contribution < 1.29 is 8.42 Å². The van der Waals surface area contributed by atoms with Gasteiger partial charge in [-0.05, 0) is 20.3 Å². The molecule has 0 amide bonds. The average Bonchev–Trinajstić information content (AvgIpc) is 2.44. The number of nitrogens with one attached hydrogen (secondary N) is 1. The lowest BCUT2D eigenvalue weighted by Gasteiger charge is -2.13. The summed E-state index contributed by atoms with van der Waals surface area (Å²) < 4.78 is 24.4. The van der Waals surface area contributed by atoms with Gasteiger partial charge >= 0.3 is 0 Å². The van der Waals surface area contributed by atoms with Crippen molar-refractivity contribution in [3.8, 4) is 0 Å². The van der Waals surface area contributed by atoms with Crippen molar-refractivity contribution in [1.82, 2.24) is 9.62 Å². The SMILES string of the molecule is CC(C)NC(N)=NCCN1CCCS1(=O)=O. The second-order valence-electron chi connectivity index (χ2n) is 4.13. The molecule has 0 aliphatic carbocycles. The van der Waals surface area contributed by atoms with Crippen LogP contribution in [0.3, 0.4) is 0 Å². The van der Waals surface area contributed by atoms with Crippen molar-refractivity contribution in [1.29, 1.82) is 0 Å². The Morgan fingerprint density at radius 2 is 2.25 bits per heavy atom. The summed E-state index contributed by atoms with van der Waals surface area (Å²) >= 11 is 0. The molecular formula is C9H20N4O2S. The van der Waals surface area contributed by atoms with E-state index in [0.29, 0.717) is 32.0 Å². The second-order valence-corrected chi connectivity index (χ2v) is 6.22. The van der Waals surface area contributed by atoms with Crippen LogP contribution in [0.25, 0.3) is 0 Å². The third kappa shape index (κ3) is 3.97. The van der Waals surface area contributed by atoms with E-state index in [-0.39, 0.29) is 11.8 Å². The van der Waals surface area contributed by atoms with E-state index in [0.717, 1.165) is 0 Å². The first kappa shape index (κ1) is 13.2. The van der Waals surface area contributed by atoms with E-state index in [2.05, 4.69) is 10.3 Å². The van der Waals surface area contributed by atoms with Crippen LogP contribution in [0.1, 0.15) is 20.3 Å². The summed E-state index contributed by atoms with van der Waals surface area (Å²) in [5.74, 6) is 0.628. The molecule has 6 nitrogen and oxygen atoms in total. The number of sulfonamides is 1. The van der Waals surface area contributed by atoms with Gasteiger partial charge in [0, 0.05) is 19.1 Å². The van der Waals surface area contributed by atoms with Crippen LogP contribution in [-0.2, 0) is 10.0 Å². The Morgan fingerprint density at radius 3 is 2.75 bits per heavy atom. The minimum Gasteiger partial charge on any atom is -0.370 e. The average molecular weight is 248 g/mol. The van der Waals surface area contributed by atoms with Crippen LogP contribution >= 0.6 is 0 Å². The van der Waals surface area contributed by atoms with E-state index >= 15 is 0 Å². The molecule has 16 heavy (non-hydrogen) atoms. The number of guanidine groups is 1. The van der Waals surface area contributed by atoms with Crippen LogP contribution in [0.4, 0.5) is 0 Å². The highest BCUT2D eigenvalue weighted by atomic mass is 32.2. The van der Waals surface area contributed by atoms with Gasteiger partial charge in [0.15, 0.2) is 5.96 Å². The lowest BCUT2D eigenvalue weighted by atomic mass is 10.4. The van der Waals surface area contributed by atoms with Gasteiger partial charge in [-0.3, -0.25) is 4.99 Å². The van der Waals surface area contributed by atoms with Crippen LogP contribution in [0.15, 0.2) is 4.99 Å². The van der Waals surface area contributed by atoms with Crippen molar-refractivity contribution in [3.05, 3.63) is 0 Å². The lowest BCUT2D eigenvalue weighted by Crippen LogP contribution is -2.37. The second kappa shape index (κ2) is 5.49. The molecule has 0 aromatic heterocycles. The van der Waals surface area contributed by atoms with Crippen LogP contribution in [0.2, 0.25) is 0 Å². The summed E-state index contributed by atoms with van der Waals surface area (Å²) in [6, 6.07) is 0.235. The van der Waals surface area contributed by atoms with Gasteiger partial charge in [0.1, 0.15) is 0 Å². The Bertz CT molecular complexity index is 351. The Morgan fingerprint density at radius 1 is 1.56 bits per heavy atom. The molecule has 1 saturated heterocycles. The Labute approximate surface area is 97.0 Å². The van der Waals surface area contributed by atoms with Gasteiger partial charge in [-0.1, -0.05) is 0 Å². The third-order valence-electron chi connectivity index (χ3n) is 2.27. The normalized spacial score (nSPS) is 21.6. The molecule has 0 aromatic carbocycles. The molecule has 0 unspecified atom stereocenters. The van der Waals surface area contributed by atoms with Gasteiger partial charge < -0.3 is 11.1 Å². The van der Waals surface area contributed by atoms with Crippen LogP contribution in [-0.4, -0.2) is 50.1 Å². The van der Waals surface area contributed by atoms with Crippen LogP contribution in [0.5, 0.6) is 0 Å². The first-order valence-corrected chi connectivity index (χ1v) is 7.07. The number of hydrogen-bond donors (Lipinski definition) is 2. The molecule has 0 atom stereocenters. The van der Waals surface area contributed by atoms with E-state index in [1.165, 1.54) is 4.31 Å². The fraction of sp³-hybridized carbons (Fsp3) is 0.889. The van der Waals surface area contributed by atoms with E-state index in [9.17, 15) is 8.42 Å². The van der Waals surface area contributed by atoms with Crippen LogP contribution < -0.4 is 11.1 Å². The smallest absolute Gasteiger partial charge is 0.214 e. The summed E-state index contributed by atoms with van der Waals surface area (Å²) in [5.41, 5.74) is 5.60. The number of nitrogens with two attached hydrogens (primary N) is 1. The summed E-state index contributed by atoms with van der Waals surface area (Å²) in [6.45, 7) is 5.36. The fourth-order valence-corrected chi connectivity index (χ4v) is 3.08. The molecule has 1 aliphatic rings. The highest BCUT2D eigenvalue weighted by molar-refractivity contribution is 7.89. The third-order valence-corrected chi connectivity index (χ3v) is 4.23. The van der Waals surface area contributed by atoms with Crippen molar-refractivity contribution in [3.63, 3.8) is 0 Å². The maximum atomic E-state index is 11.4. The largest absolute Gasteiger partial charge is 0.370 e. The predicted molar refractivity (Wildman–Crippen MR) is 64.7 cm³/mol. The topological polar surface area (TPSA) is 87.8 Å². The standard InChI is InChI=1S/C9H20N4O2S/c1-8(2)12-9(10)11-4-6-13-5-3-7-16(13,14)15/h8H,3-7H2,1-2H3,(H3,10,11,12). The lowest BCUT2D eigenvalue weighted by molar-refractivity contribution is 0.452. The zero-order chi connectivity index (χ0) is 12.2. The Hall–Kier alpha value is -0.820. The molecule has 7 heteroatoms. The Kier molecular flexibility index (Phi) is 4.55. The molecule has 0 bridgehead atoms. The minimum atomic E-state index is -3.01. The number of aliphatic imine (C=N–C) groups is 1. The molecule has 0 radical (unpaired) electrons. The number of hydrogen-bond acceptors (Lipinski definition) is 3. The monoisotopic (exact) mass is 248 g/mol. The van der Waals surface area contributed by atoms with E-state index in [1.807, 2.05) is 13.8 Å². The minimum absolute atomic E-state index is 0.235. The van der Waals surface area contributed by atoms with Gasteiger partial charge in [-0.15, -0.1) is 0 Å². The Balaban J connectivity index is 2.35. The van der Waals surface area contributed by atoms with Gasteiger partial charge in [-0.2, -0.15) is 0 Å². The van der Waals surface area contributed by atoms with E-state index in [1.54, 1.807) is 0 Å². The fourth-order valence-electron chi connectivity index (χ4n) is 1.57. The molecule has 0 saturated carbocycles. The van der Waals surface area contributed by atoms with Gasteiger partial charge in [0.2, 0.25) is 10.0 Å². The molecule has 0 aromatic rings. The summed E-state index contributed by atoms with van der Waals surface area (Å²) in [7, 11) is -3.01. The molecule has 0 spiro atoms. The highest BCUT2D eigenvalue weighted by Crippen LogP contribution is 2.11. The first-order chi connectivity index (χ1) is 7.42. The van der Waals surface area contributed by atoms with Crippen molar-refractivity contribution >= 4 is 16.0 Å². The summed E-state index contributed by atoms with van der Waals surface area (Å²) in [5, 5.41) is 2.95. The van der Waals surface area contributed by atoms with Gasteiger partial charge in [-0.25, -0.2) is 12.7 Å². The van der Waals surface area contributed by atoms with Crippen LogP contribution in [0, 0.1) is 0 Å². The molecule has 1 rings (SSSR count). The predicted octanol–water partition coefficient (Wildman–Crippen LogP) is -0.665. The zero-order valence-electron chi connectivity index (χ0n) is 9.81. The summed E-state index contributed by atoms with van der Waals surface area (Å²) in [4.78, 5) is 4.07. The van der Waals surface area contributed by atoms with E-state index < -0.39 is 10.0 Å². The number of nitrogens with zero attached hydrogens (tertiary/aromatic N) is 2. The number of rotatable bonds is 4. The zero-order valence-corrected chi connectivity index (χ0v) is 10.6. The van der Waals surface area contributed by atoms with Gasteiger partial charge in [0.05, 0.1) is 12.3 Å². The van der Waals surface area contributed by atoms with Crippen molar-refractivity contribution in [2.75, 3.05) is 25.4 Å². The summed E-state index contributed by atoms with van der Waals surface area (Å²) in [6.07, 6.45) is 0.714. The first-order valence-electron chi connectivity index (χ1n) is 5.46. The molecule has 94 valence electrons. The quantitative estimate of drug-likeness (QED) is 0.510. The van der Waals surface area contributed by atoms with Crippen molar-refractivity contribution in [2.45, 2.75) is 26.3 Å². The molecular weight excluding hydrogens is 228 g/mol. The van der Waals surface area contributed by atoms with E-state index in [4.69, 9.17) is 5.73 Å². The molecule has 1 fully saturated rings. The molecule has 1 aliphatic heterocycles. The molecule has 3 N–H and O–H groups in total. The molecule has 1 heterocycles. The highest BCUT2D eigenvalue weighted by Gasteiger charge is 2.27. The van der Waals surface area contributed by atoms with Crippen molar-refractivity contribution in [2.24, 2.45) is 10.7 Å². The maximum Gasteiger partial charge on any atom is 0.214 e. The maximum absolute atomic E-state index is 11.4.